The van der Waals surface area contributed by atoms with E-state index in [0.717, 1.165) is 58.4 Å². The van der Waals surface area contributed by atoms with Gasteiger partial charge in [0.1, 0.15) is 5.82 Å². The Bertz CT molecular complexity index is 1000. The molecule has 3 heterocycles. The third kappa shape index (κ3) is 3.94. The van der Waals surface area contributed by atoms with Crippen molar-refractivity contribution in [3.63, 3.8) is 0 Å². The van der Waals surface area contributed by atoms with Gasteiger partial charge in [0.15, 0.2) is 0 Å². The van der Waals surface area contributed by atoms with Gasteiger partial charge in [-0.1, -0.05) is 22.0 Å². The molecule has 3 N–H and O–H groups in total. The van der Waals surface area contributed by atoms with Gasteiger partial charge in [-0.15, -0.1) is 0 Å². The van der Waals surface area contributed by atoms with Crippen LogP contribution < -0.4 is 16.0 Å². The molecule has 0 spiro atoms. The van der Waals surface area contributed by atoms with E-state index in [1.165, 1.54) is 0 Å². The molecule has 0 unspecified atom stereocenters. The number of rotatable bonds is 5. The number of pyridine rings is 2. The van der Waals surface area contributed by atoms with Crippen molar-refractivity contribution in [1.29, 1.82) is 0 Å². The number of fused-ring (bicyclic) bond motifs is 1. The van der Waals surface area contributed by atoms with E-state index in [2.05, 4.69) is 48.2 Å². The van der Waals surface area contributed by atoms with Crippen LogP contribution in [0.1, 0.15) is 18.4 Å². The Morgan fingerprint density at radius 1 is 1.18 bits per heavy atom. The van der Waals surface area contributed by atoms with Gasteiger partial charge in [0.25, 0.3) is 0 Å². The van der Waals surface area contributed by atoms with Crippen molar-refractivity contribution in [3.8, 4) is 0 Å². The zero-order valence-electron chi connectivity index (χ0n) is 15.4. The molecule has 7 heteroatoms. The number of aromatic nitrogens is 2. The molecule has 0 saturated carbocycles. The molecule has 4 rings (SSSR count). The summed E-state index contributed by atoms with van der Waals surface area (Å²) in [5.74, 6) is 0.752. The van der Waals surface area contributed by atoms with Gasteiger partial charge in [-0.3, -0.25) is 9.78 Å². The SMILES string of the molecule is NC(=O)C1CCN(c2ncccc2CNc2ccnc3cc(Br)ccc23)CC1. The van der Waals surface area contributed by atoms with Crippen LogP contribution in [0.4, 0.5) is 11.5 Å². The number of amides is 1. The predicted molar refractivity (Wildman–Crippen MR) is 115 cm³/mol. The fraction of sp³-hybridized carbons (Fsp3) is 0.286. The maximum Gasteiger partial charge on any atom is 0.220 e. The van der Waals surface area contributed by atoms with Crippen molar-refractivity contribution in [2.75, 3.05) is 23.3 Å². The summed E-state index contributed by atoms with van der Waals surface area (Å²) < 4.78 is 1.01. The summed E-state index contributed by atoms with van der Waals surface area (Å²) >= 11 is 3.50. The molecule has 0 atom stereocenters. The largest absolute Gasteiger partial charge is 0.380 e. The second-order valence-electron chi connectivity index (χ2n) is 7.02. The minimum Gasteiger partial charge on any atom is -0.380 e. The quantitative estimate of drug-likeness (QED) is 0.632. The number of anilines is 2. The molecule has 1 aromatic carbocycles. The summed E-state index contributed by atoms with van der Waals surface area (Å²) in [5.41, 5.74) is 8.57. The van der Waals surface area contributed by atoms with Gasteiger partial charge in [0, 0.05) is 59.1 Å². The van der Waals surface area contributed by atoms with E-state index < -0.39 is 0 Å². The van der Waals surface area contributed by atoms with E-state index in [0.29, 0.717) is 6.54 Å². The first-order valence-electron chi connectivity index (χ1n) is 9.38. The Morgan fingerprint density at radius 3 is 2.79 bits per heavy atom. The monoisotopic (exact) mass is 439 g/mol. The van der Waals surface area contributed by atoms with Gasteiger partial charge in [0.2, 0.25) is 5.91 Å². The van der Waals surface area contributed by atoms with Gasteiger partial charge in [0.05, 0.1) is 5.52 Å². The Kier molecular flexibility index (Phi) is 5.43. The number of nitrogens with one attached hydrogen (secondary N) is 1. The number of benzene rings is 1. The molecular formula is C21H22BrN5O. The minimum absolute atomic E-state index is 0.0240. The van der Waals surface area contributed by atoms with Crippen LogP contribution in [-0.4, -0.2) is 29.0 Å². The van der Waals surface area contributed by atoms with Crippen molar-refractivity contribution < 1.29 is 4.79 Å². The van der Waals surface area contributed by atoms with Gasteiger partial charge >= 0.3 is 0 Å². The number of hydrogen-bond acceptors (Lipinski definition) is 5. The van der Waals surface area contributed by atoms with Gasteiger partial charge < -0.3 is 16.0 Å². The fourth-order valence-corrected chi connectivity index (χ4v) is 4.04. The Morgan fingerprint density at radius 2 is 2.00 bits per heavy atom. The number of hydrogen-bond donors (Lipinski definition) is 2. The lowest BCUT2D eigenvalue weighted by Gasteiger charge is -2.32. The number of nitrogens with two attached hydrogens (primary N) is 1. The summed E-state index contributed by atoms with van der Waals surface area (Å²) in [6.45, 7) is 2.25. The second-order valence-corrected chi connectivity index (χ2v) is 7.94. The molecule has 6 nitrogen and oxygen atoms in total. The molecule has 28 heavy (non-hydrogen) atoms. The predicted octanol–water partition coefficient (Wildman–Crippen LogP) is 3.71. The van der Waals surface area contributed by atoms with Crippen molar-refractivity contribution in [2.45, 2.75) is 19.4 Å². The summed E-state index contributed by atoms with van der Waals surface area (Å²) in [4.78, 5) is 22.7. The molecule has 1 fully saturated rings. The molecule has 1 saturated heterocycles. The third-order valence-electron chi connectivity index (χ3n) is 5.24. The second kappa shape index (κ2) is 8.14. The third-order valence-corrected chi connectivity index (χ3v) is 5.73. The first-order chi connectivity index (χ1) is 13.6. The zero-order chi connectivity index (χ0) is 19.5. The molecule has 3 aromatic rings. The highest BCUT2D eigenvalue weighted by atomic mass is 79.9. The van der Waals surface area contributed by atoms with Crippen molar-refractivity contribution in [3.05, 3.63) is 58.8 Å². The standard InChI is InChI=1S/C21H22BrN5O/c22-16-3-4-17-18(5-9-24-19(17)12-16)26-13-15-2-1-8-25-21(15)27-10-6-14(7-11-27)20(23)28/h1-5,8-9,12,14H,6-7,10-11,13H2,(H2,23,28)(H,24,26). The lowest BCUT2D eigenvalue weighted by Crippen LogP contribution is -2.39. The highest BCUT2D eigenvalue weighted by Crippen LogP contribution is 2.27. The van der Waals surface area contributed by atoms with Gasteiger partial charge in [-0.25, -0.2) is 4.98 Å². The lowest BCUT2D eigenvalue weighted by molar-refractivity contribution is -0.122. The number of primary amides is 1. The van der Waals surface area contributed by atoms with Gasteiger partial charge in [-0.2, -0.15) is 0 Å². The van der Waals surface area contributed by atoms with Crippen LogP contribution in [0.3, 0.4) is 0 Å². The highest BCUT2D eigenvalue weighted by Gasteiger charge is 2.24. The molecule has 1 aliphatic rings. The first-order valence-corrected chi connectivity index (χ1v) is 10.2. The van der Waals surface area contributed by atoms with E-state index in [4.69, 9.17) is 5.73 Å². The lowest BCUT2D eigenvalue weighted by atomic mass is 9.96. The molecular weight excluding hydrogens is 418 g/mol. The molecule has 1 aliphatic heterocycles. The van der Waals surface area contributed by atoms with Crippen LogP contribution in [0, 0.1) is 5.92 Å². The normalized spacial score (nSPS) is 15.0. The summed E-state index contributed by atoms with van der Waals surface area (Å²) in [6.07, 6.45) is 5.19. The van der Waals surface area contributed by atoms with Crippen LogP contribution in [0.5, 0.6) is 0 Å². The van der Waals surface area contributed by atoms with Crippen molar-refractivity contribution >= 4 is 44.2 Å². The fourth-order valence-electron chi connectivity index (χ4n) is 3.69. The summed E-state index contributed by atoms with van der Waals surface area (Å²) in [7, 11) is 0. The minimum atomic E-state index is -0.196. The number of nitrogens with zero attached hydrogens (tertiary/aromatic N) is 3. The van der Waals surface area contributed by atoms with Crippen LogP contribution in [0.15, 0.2) is 53.3 Å². The number of piperidine rings is 1. The van der Waals surface area contributed by atoms with Crippen LogP contribution in [0.25, 0.3) is 10.9 Å². The molecule has 144 valence electrons. The van der Waals surface area contributed by atoms with E-state index >= 15 is 0 Å². The number of carbonyl (C=O) groups excluding carboxylic acids is 1. The highest BCUT2D eigenvalue weighted by molar-refractivity contribution is 9.10. The van der Waals surface area contributed by atoms with Crippen LogP contribution in [-0.2, 0) is 11.3 Å². The van der Waals surface area contributed by atoms with E-state index in [1.807, 2.05) is 36.7 Å². The number of carbonyl (C=O) groups is 1. The molecule has 0 bridgehead atoms. The van der Waals surface area contributed by atoms with Crippen molar-refractivity contribution in [1.82, 2.24) is 9.97 Å². The zero-order valence-corrected chi connectivity index (χ0v) is 17.0. The van der Waals surface area contributed by atoms with E-state index in [1.54, 1.807) is 0 Å². The van der Waals surface area contributed by atoms with E-state index in [9.17, 15) is 4.79 Å². The Hall–Kier alpha value is -2.67. The number of halogens is 1. The van der Waals surface area contributed by atoms with Crippen LogP contribution in [0.2, 0.25) is 0 Å². The Balaban J connectivity index is 1.52. The topological polar surface area (TPSA) is 84.1 Å². The van der Waals surface area contributed by atoms with Gasteiger partial charge in [-0.05, 0) is 43.2 Å². The van der Waals surface area contributed by atoms with Crippen molar-refractivity contribution in [2.24, 2.45) is 11.7 Å². The smallest absolute Gasteiger partial charge is 0.220 e. The maximum atomic E-state index is 11.4. The first kappa shape index (κ1) is 18.7. The summed E-state index contributed by atoms with van der Waals surface area (Å²) in [6, 6.07) is 12.1. The van der Waals surface area contributed by atoms with Crippen LogP contribution >= 0.6 is 15.9 Å². The molecule has 2 aromatic heterocycles. The Labute approximate surface area is 172 Å². The maximum absolute atomic E-state index is 11.4. The average molecular weight is 440 g/mol. The summed E-state index contributed by atoms with van der Waals surface area (Å²) in [5, 5.41) is 4.62. The average Bonchev–Trinajstić information content (AvgIpc) is 2.72. The van der Waals surface area contributed by atoms with E-state index in [-0.39, 0.29) is 11.8 Å². The molecule has 0 aliphatic carbocycles. The molecule has 1 amide bonds. The molecule has 0 radical (unpaired) electrons.